The van der Waals surface area contributed by atoms with Gasteiger partial charge in [0.1, 0.15) is 6.61 Å². The standard InChI is InChI=1S/C20H20O4/c1-14(2)20(23)24-13-17(21)12-16-10-6-7-11-18(16)19(22)15-8-4-3-5-9-15/h3-11,17,21H,1,12-13H2,2H3. The van der Waals surface area contributed by atoms with Crippen molar-refractivity contribution in [2.45, 2.75) is 19.4 Å². The highest BCUT2D eigenvalue weighted by Crippen LogP contribution is 2.16. The lowest BCUT2D eigenvalue weighted by Crippen LogP contribution is -2.22. The molecular weight excluding hydrogens is 304 g/mol. The minimum Gasteiger partial charge on any atom is -0.460 e. The van der Waals surface area contributed by atoms with Gasteiger partial charge in [0.25, 0.3) is 0 Å². The maximum absolute atomic E-state index is 12.6. The molecule has 2 rings (SSSR count). The van der Waals surface area contributed by atoms with Gasteiger partial charge in [0, 0.05) is 23.1 Å². The highest BCUT2D eigenvalue weighted by molar-refractivity contribution is 6.09. The molecule has 0 saturated heterocycles. The van der Waals surface area contributed by atoms with Crippen molar-refractivity contribution in [1.82, 2.24) is 0 Å². The molecule has 2 aromatic rings. The van der Waals surface area contributed by atoms with E-state index in [0.29, 0.717) is 16.7 Å². The molecular formula is C20H20O4. The molecule has 0 amide bonds. The van der Waals surface area contributed by atoms with Crippen molar-refractivity contribution in [2.24, 2.45) is 0 Å². The molecule has 0 spiro atoms. The quantitative estimate of drug-likeness (QED) is 0.483. The van der Waals surface area contributed by atoms with Gasteiger partial charge < -0.3 is 9.84 Å². The highest BCUT2D eigenvalue weighted by atomic mass is 16.5. The van der Waals surface area contributed by atoms with Crippen molar-refractivity contribution in [3.63, 3.8) is 0 Å². The predicted molar refractivity (Wildman–Crippen MR) is 91.8 cm³/mol. The average Bonchev–Trinajstić information content (AvgIpc) is 2.60. The molecule has 0 radical (unpaired) electrons. The summed E-state index contributed by atoms with van der Waals surface area (Å²) < 4.78 is 4.95. The number of ether oxygens (including phenoxy) is 1. The zero-order chi connectivity index (χ0) is 17.5. The van der Waals surface area contributed by atoms with Crippen LogP contribution in [0.2, 0.25) is 0 Å². The summed E-state index contributed by atoms with van der Waals surface area (Å²) in [4.78, 5) is 24.0. The number of aliphatic hydroxyl groups is 1. The lowest BCUT2D eigenvalue weighted by atomic mass is 9.95. The van der Waals surface area contributed by atoms with Crippen molar-refractivity contribution < 1.29 is 19.4 Å². The molecule has 2 aromatic carbocycles. The molecule has 0 aromatic heterocycles. The van der Waals surface area contributed by atoms with Crippen LogP contribution in [0.3, 0.4) is 0 Å². The average molecular weight is 324 g/mol. The Morgan fingerprint density at radius 3 is 2.38 bits per heavy atom. The minimum absolute atomic E-state index is 0.0997. The molecule has 0 aliphatic heterocycles. The third-order valence-electron chi connectivity index (χ3n) is 3.51. The summed E-state index contributed by atoms with van der Waals surface area (Å²) in [5.74, 6) is -0.639. The second kappa shape index (κ2) is 8.22. The zero-order valence-electron chi connectivity index (χ0n) is 13.6. The fourth-order valence-corrected chi connectivity index (χ4v) is 2.27. The van der Waals surface area contributed by atoms with E-state index in [1.165, 1.54) is 0 Å². The van der Waals surface area contributed by atoms with Crippen LogP contribution in [-0.2, 0) is 16.0 Å². The Labute approximate surface area is 141 Å². The van der Waals surface area contributed by atoms with Gasteiger partial charge in [-0.15, -0.1) is 0 Å². The summed E-state index contributed by atoms with van der Waals surface area (Å²) in [6.07, 6.45) is -0.670. The van der Waals surface area contributed by atoms with Gasteiger partial charge >= 0.3 is 5.97 Å². The number of benzene rings is 2. The second-order valence-corrected chi connectivity index (χ2v) is 5.59. The summed E-state index contributed by atoms with van der Waals surface area (Å²) in [5.41, 5.74) is 2.12. The molecule has 1 atom stereocenters. The Balaban J connectivity index is 2.10. The minimum atomic E-state index is -0.891. The maximum atomic E-state index is 12.6. The van der Waals surface area contributed by atoms with E-state index < -0.39 is 12.1 Å². The Bertz CT molecular complexity index is 734. The fraction of sp³-hybridized carbons (Fsp3) is 0.200. The summed E-state index contributed by atoms with van der Waals surface area (Å²) in [6.45, 7) is 4.89. The number of esters is 1. The van der Waals surface area contributed by atoms with Crippen molar-refractivity contribution in [3.8, 4) is 0 Å². The Kier molecular flexibility index (Phi) is 6.04. The normalized spacial score (nSPS) is 11.6. The molecule has 0 aliphatic rings. The van der Waals surface area contributed by atoms with Crippen molar-refractivity contribution in [1.29, 1.82) is 0 Å². The van der Waals surface area contributed by atoms with E-state index in [0.717, 1.165) is 0 Å². The van der Waals surface area contributed by atoms with Gasteiger partial charge in [0.15, 0.2) is 5.78 Å². The number of aliphatic hydroxyl groups excluding tert-OH is 1. The van der Waals surface area contributed by atoms with E-state index in [9.17, 15) is 14.7 Å². The van der Waals surface area contributed by atoms with Crippen LogP contribution in [0.1, 0.15) is 28.4 Å². The predicted octanol–water partition coefficient (Wildman–Crippen LogP) is 2.94. The first kappa shape index (κ1) is 17.6. The van der Waals surface area contributed by atoms with Gasteiger partial charge in [-0.3, -0.25) is 4.79 Å². The fourth-order valence-electron chi connectivity index (χ4n) is 2.27. The molecule has 0 aliphatic carbocycles. The first-order chi connectivity index (χ1) is 11.5. The van der Waals surface area contributed by atoms with Crippen molar-refractivity contribution in [3.05, 3.63) is 83.4 Å². The number of rotatable bonds is 7. The van der Waals surface area contributed by atoms with Crippen LogP contribution in [-0.4, -0.2) is 29.6 Å². The third kappa shape index (κ3) is 4.64. The number of hydrogen-bond acceptors (Lipinski definition) is 4. The lowest BCUT2D eigenvalue weighted by Gasteiger charge is -2.14. The van der Waals surface area contributed by atoms with E-state index in [1.54, 1.807) is 37.3 Å². The molecule has 1 N–H and O–H groups in total. The Morgan fingerprint density at radius 1 is 1.08 bits per heavy atom. The Morgan fingerprint density at radius 2 is 1.71 bits per heavy atom. The molecule has 0 saturated carbocycles. The van der Waals surface area contributed by atoms with E-state index in [1.807, 2.05) is 24.3 Å². The van der Waals surface area contributed by atoms with Gasteiger partial charge in [-0.05, 0) is 12.5 Å². The van der Waals surface area contributed by atoms with Gasteiger partial charge in [0.05, 0.1) is 6.10 Å². The highest BCUT2D eigenvalue weighted by Gasteiger charge is 2.16. The van der Waals surface area contributed by atoms with Crippen LogP contribution in [0.25, 0.3) is 0 Å². The number of carbonyl (C=O) groups excluding carboxylic acids is 2. The maximum Gasteiger partial charge on any atom is 0.333 e. The van der Waals surface area contributed by atoms with Crippen LogP contribution in [0.15, 0.2) is 66.7 Å². The van der Waals surface area contributed by atoms with Gasteiger partial charge in [0.2, 0.25) is 0 Å². The second-order valence-electron chi connectivity index (χ2n) is 5.59. The Hall–Kier alpha value is -2.72. The van der Waals surface area contributed by atoms with E-state index >= 15 is 0 Å². The topological polar surface area (TPSA) is 63.6 Å². The van der Waals surface area contributed by atoms with Gasteiger partial charge in [-0.2, -0.15) is 0 Å². The molecule has 0 fully saturated rings. The SMILES string of the molecule is C=C(C)C(=O)OCC(O)Cc1ccccc1C(=O)c1ccccc1. The van der Waals surface area contributed by atoms with Crippen LogP contribution >= 0.6 is 0 Å². The number of hydrogen-bond donors (Lipinski definition) is 1. The zero-order valence-corrected chi connectivity index (χ0v) is 13.6. The summed E-state index contributed by atoms with van der Waals surface area (Å²) in [7, 11) is 0. The molecule has 0 heterocycles. The molecule has 4 heteroatoms. The monoisotopic (exact) mass is 324 g/mol. The van der Waals surface area contributed by atoms with Crippen molar-refractivity contribution in [2.75, 3.05) is 6.61 Å². The van der Waals surface area contributed by atoms with Crippen LogP contribution < -0.4 is 0 Å². The van der Waals surface area contributed by atoms with Gasteiger partial charge in [-0.1, -0.05) is 61.2 Å². The van der Waals surface area contributed by atoms with E-state index in [2.05, 4.69) is 6.58 Å². The smallest absolute Gasteiger partial charge is 0.333 e. The van der Waals surface area contributed by atoms with Gasteiger partial charge in [-0.25, -0.2) is 4.79 Å². The van der Waals surface area contributed by atoms with Crippen LogP contribution in [0.4, 0.5) is 0 Å². The summed E-state index contributed by atoms with van der Waals surface area (Å²) >= 11 is 0. The number of carbonyl (C=O) groups is 2. The van der Waals surface area contributed by atoms with E-state index in [4.69, 9.17) is 4.74 Å². The molecule has 124 valence electrons. The largest absolute Gasteiger partial charge is 0.460 e. The summed E-state index contributed by atoms with van der Waals surface area (Å²) in [5, 5.41) is 10.1. The first-order valence-electron chi connectivity index (χ1n) is 7.67. The summed E-state index contributed by atoms with van der Waals surface area (Å²) in [6, 6.07) is 16.1. The van der Waals surface area contributed by atoms with Crippen LogP contribution in [0, 0.1) is 0 Å². The lowest BCUT2D eigenvalue weighted by molar-refractivity contribution is -0.141. The third-order valence-corrected chi connectivity index (χ3v) is 3.51. The van der Waals surface area contributed by atoms with E-state index in [-0.39, 0.29) is 24.4 Å². The molecule has 4 nitrogen and oxygen atoms in total. The molecule has 24 heavy (non-hydrogen) atoms. The van der Waals surface area contributed by atoms with Crippen LogP contribution in [0.5, 0.6) is 0 Å². The molecule has 1 unspecified atom stereocenters. The number of ketones is 1. The molecule has 0 bridgehead atoms. The first-order valence-corrected chi connectivity index (χ1v) is 7.67. The van der Waals surface area contributed by atoms with Crippen molar-refractivity contribution >= 4 is 11.8 Å².